The average molecular weight is 333 g/mol. The molecule has 0 fully saturated rings. The minimum Gasteiger partial charge on any atom is -0.481 e. The lowest BCUT2D eigenvalue weighted by atomic mass is 10.1. The number of benzene rings is 1. The molecule has 0 aliphatic heterocycles. The topological polar surface area (TPSA) is 106 Å². The molecule has 1 amide bonds. The molecule has 0 saturated heterocycles. The van der Waals surface area contributed by atoms with Crippen molar-refractivity contribution in [2.45, 2.75) is 32.8 Å². The maximum Gasteiger partial charge on any atom is 0.336 e. The van der Waals surface area contributed by atoms with Gasteiger partial charge in [0.2, 0.25) is 0 Å². The van der Waals surface area contributed by atoms with E-state index < -0.39 is 30.2 Å². The van der Waals surface area contributed by atoms with Gasteiger partial charge >= 0.3 is 11.6 Å². The number of hydrogen-bond acceptors (Lipinski definition) is 5. The molecule has 2 N–H and O–H groups in total. The third-order valence-electron chi connectivity index (χ3n) is 3.42. The summed E-state index contributed by atoms with van der Waals surface area (Å²) in [6.07, 6.45) is 0.779. The van der Waals surface area contributed by atoms with Crippen LogP contribution in [-0.4, -0.2) is 29.6 Å². The fourth-order valence-corrected chi connectivity index (χ4v) is 2.32. The highest BCUT2D eigenvalue weighted by atomic mass is 16.5. The highest BCUT2D eigenvalue weighted by molar-refractivity contribution is 5.85. The standard InChI is InChI=1S/C17H19NO6/c1-3-4-11-7-16(21)24-14-8-12(5-6-13(11)14)23-10(2)17(22)18-9-15(19)20/h5-8,10H,3-4,9H2,1-2H3,(H,18,22)(H,19,20)/t10-/m0/s1. The first kappa shape index (κ1) is 17.5. The second-order valence-corrected chi connectivity index (χ2v) is 5.37. The van der Waals surface area contributed by atoms with Crippen LogP contribution in [0.5, 0.6) is 5.75 Å². The van der Waals surface area contributed by atoms with Gasteiger partial charge in [-0.2, -0.15) is 0 Å². The summed E-state index contributed by atoms with van der Waals surface area (Å²) in [5.74, 6) is -1.32. The summed E-state index contributed by atoms with van der Waals surface area (Å²) < 4.78 is 10.7. The highest BCUT2D eigenvalue weighted by Crippen LogP contribution is 2.24. The van der Waals surface area contributed by atoms with Crippen molar-refractivity contribution in [2.75, 3.05) is 6.54 Å². The number of carbonyl (C=O) groups is 2. The van der Waals surface area contributed by atoms with E-state index in [1.165, 1.54) is 13.0 Å². The Morgan fingerprint density at radius 2 is 2.08 bits per heavy atom. The van der Waals surface area contributed by atoms with Crippen LogP contribution < -0.4 is 15.7 Å². The number of nitrogens with one attached hydrogen (secondary N) is 1. The van der Waals surface area contributed by atoms with Gasteiger partial charge in [-0.15, -0.1) is 0 Å². The normalized spacial score (nSPS) is 11.9. The van der Waals surface area contributed by atoms with Gasteiger partial charge in [-0.1, -0.05) is 13.3 Å². The van der Waals surface area contributed by atoms with E-state index in [2.05, 4.69) is 5.32 Å². The van der Waals surface area contributed by atoms with E-state index in [0.717, 1.165) is 23.8 Å². The van der Waals surface area contributed by atoms with Crippen LogP contribution in [-0.2, 0) is 16.0 Å². The number of hydrogen-bond donors (Lipinski definition) is 2. The molecule has 1 atom stereocenters. The first-order chi connectivity index (χ1) is 11.4. The summed E-state index contributed by atoms with van der Waals surface area (Å²) in [6, 6.07) is 6.49. The molecule has 0 aliphatic rings. The fraction of sp³-hybridized carbons (Fsp3) is 0.353. The molecule has 2 rings (SSSR count). The summed E-state index contributed by atoms with van der Waals surface area (Å²) in [5, 5.41) is 11.6. The van der Waals surface area contributed by atoms with Crippen LogP contribution in [0.25, 0.3) is 11.0 Å². The summed E-state index contributed by atoms with van der Waals surface area (Å²) in [4.78, 5) is 33.8. The predicted molar refractivity (Wildman–Crippen MR) is 87.2 cm³/mol. The van der Waals surface area contributed by atoms with Gasteiger partial charge in [-0.25, -0.2) is 4.79 Å². The smallest absolute Gasteiger partial charge is 0.336 e. The maximum atomic E-state index is 11.7. The molecule has 2 aromatic rings. The molecule has 0 saturated carbocycles. The molecule has 0 bridgehead atoms. The zero-order valence-corrected chi connectivity index (χ0v) is 13.5. The molecule has 7 heteroatoms. The number of carboxylic acid groups (broad SMARTS) is 1. The number of rotatable bonds is 7. The molecular weight excluding hydrogens is 314 g/mol. The monoisotopic (exact) mass is 333 g/mol. The minimum absolute atomic E-state index is 0.359. The molecule has 0 spiro atoms. The number of carboxylic acids is 1. The van der Waals surface area contributed by atoms with Crippen molar-refractivity contribution < 1.29 is 23.8 Å². The second-order valence-electron chi connectivity index (χ2n) is 5.37. The van der Waals surface area contributed by atoms with E-state index in [1.54, 1.807) is 18.2 Å². The minimum atomic E-state index is -1.13. The Kier molecular flexibility index (Phi) is 5.57. The van der Waals surface area contributed by atoms with Crippen LogP contribution in [0.4, 0.5) is 0 Å². The first-order valence-corrected chi connectivity index (χ1v) is 7.63. The van der Waals surface area contributed by atoms with Crippen LogP contribution in [0.15, 0.2) is 33.5 Å². The van der Waals surface area contributed by atoms with Crippen molar-refractivity contribution in [1.82, 2.24) is 5.32 Å². The Morgan fingerprint density at radius 3 is 2.75 bits per heavy atom. The maximum absolute atomic E-state index is 11.7. The van der Waals surface area contributed by atoms with Gasteiger partial charge in [-0.3, -0.25) is 9.59 Å². The van der Waals surface area contributed by atoms with E-state index in [4.69, 9.17) is 14.3 Å². The van der Waals surface area contributed by atoms with Crippen molar-refractivity contribution in [3.8, 4) is 5.75 Å². The lowest BCUT2D eigenvalue weighted by Gasteiger charge is -2.14. The van der Waals surface area contributed by atoms with E-state index >= 15 is 0 Å². The number of aliphatic carboxylic acids is 1. The van der Waals surface area contributed by atoms with Gasteiger partial charge in [0.25, 0.3) is 5.91 Å². The van der Waals surface area contributed by atoms with Crippen molar-refractivity contribution in [1.29, 1.82) is 0 Å². The van der Waals surface area contributed by atoms with E-state index in [9.17, 15) is 14.4 Å². The Morgan fingerprint density at radius 1 is 1.33 bits per heavy atom. The zero-order valence-electron chi connectivity index (χ0n) is 13.5. The molecular formula is C17H19NO6. The second kappa shape index (κ2) is 7.63. The Labute approximate surface area is 138 Å². The number of aryl methyl sites for hydroxylation is 1. The summed E-state index contributed by atoms with van der Waals surface area (Å²) >= 11 is 0. The van der Waals surface area contributed by atoms with Gasteiger partial charge in [-0.05, 0) is 31.0 Å². The van der Waals surface area contributed by atoms with Crippen molar-refractivity contribution in [2.24, 2.45) is 0 Å². The summed E-state index contributed by atoms with van der Waals surface area (Å²) in [6.45, 7) is 3.06. The molecule has 7 nitrogen and oxygen atoms in total. The van der Waals surface area contributed by atoms with Crippen LogP contribution in [0.2, 0.25) is 0 Å². The van der Waals surface area contributed by atoms with Gasteiger partial charge in [0.15, 0.2) is 6.10 Å². The molecule has 0 radical (unpaired) electrons. The third kappa shape index (κ3) is 4.34. The van der Waals surface area contributed by atoms with Crippen LogP contribution in [0, 0.1) is 0 Å². The van der Waals surface area contributed by atoms with Gasteiger partial charge in [0.05, 0.1) is 0 Å². The third-order valence-corrected chi connectivity index (χ3v) is 3.42. The highest BCUT2D eigenvalue weighted by Gasteiger charge is 2.16. The van der Waals surface area contributed by atoms with E-state index in [-0.39, 0.29) is 0 Å². The Balaban J connectivity index is 2.20. The van der Waals surface area contributed by atoms with E-state index in [0.29, 0.717) is 11.3 Å². The number of ether oxygens (including phenoxy) is 1. The molecule has 1 aromatic heterocycles. The molecule has 24 heavy (non-hydrogen) atoms. The van der Waals surface area contributed by atoms with Crippen LogP contribution in [0.1, 0.15) is 25.8 Å². The molecule has 1 aromatic carbocycles. The lowest BCUT2D eigenvalue weighted by Crippen LogP contribution is -2.39. The Bertz CT molecular complexity index is 810. The largest absolute Gasteiger partial charge is 0.481 e. The number of fused-ring (bicyclic) bond motifs is 1. The molecule has 128 valence electrons. The number of amides is 1. The SMILES string of the molecule is CCCc1cc(=O)oc2cc(O[C@@H](C)C(=O)NCC(=O)O)ccc12. The molecule has 1 heterocycles. The van der Waals surface area contributed by atoms with Gasteiger partial charge < -0.3 is 19.6 Å². The fourth-order valence-electron chi connectivity index (χ4n) is 2.32. The number of carbonyl (C=O) groups excluding carboxylic acids is 1. The summed E-state index contributed by atoms with van der Waals surface area (Å²) in [5.41, 5.74) is 0.861. The van der Waals surface area contributed by atoms with E-state index in [1.807, 2.05) is 6.92 Å². The Hall–Kier alpha value is -2.83. The van der Waals surface area contributed by atoms with Gasteiger partial charge in [0.1, 0.15) is 17.9 Å². The molecule has 0 unspecified atom stereocenters. The van der Waals surface area contributed by atoms with Gasteiger partial charge in [0, 0.05) is 17.5 Å². The summed E-state index contributed by atoms with van der Waals surface area (Å²) in [7, 11) is 0. The zero-order chi connectivity index (χ0) is 17.7. The first-order valence-electron chi connectivity index (χ1n) is 7.63. The van der Waals surface area contributed by atoms with Crippen molar-refractivity contribution >= 4 is 22.8 Å². The van der Waals surface area contributed by atoms with Crippen molar-refractivity contribution in [3.63, 3.8) is 0 Å². The predicted octanol–water partition coefficient (Wildman–Crippen LogP) is 1.71. The van der Waals surface area contributed by atoms with Crippen LogP contribution >= 0.6 is 0 Å². The molecule has 0 aliphatic carbocycles. The quantitative estimate of drug-likeness (QED) is 0.747. The lowest BCUT2D eigenvalue weighted by molar-refractivity contribution is -0.139. The average Bonchev–Trinajstić information content (AvgIpc) is 2.52. The van der Waals surface area contributed by atoms with Crippen LogP contribution in [0.3, 0.4) is 0 Å². The van der Waals surface area contributed by atoms with Crippen molar-refractivity contribution in [3.05, 3.63) is 40.2 Å².